The van der Waals surface area contributed by atoms with Crippen molar-refractivity contribution in [2.24, 2.45) is 0 Å². The Labute approximate surface area is 165 Å². The number of aromatic nitrogens is 1. The summed E-state index contributed by atoms with van der Waals surface area (Å²) in [6.07, 6.45) is 4.07. The van der Waals surface area contributed by atoms with E-state index in [0.29, 0.717) is 31.0 Å². The van der Waals surface area contributed by atoms with E-state index < -0.39 is 0 Å². The van der Waals surface area contributed by atoms with Crippen LogP contribution in [0.4, 0.5) is 11.5 Å². The van der Waals surface area contributed by atoms with Crippen molar-refractivity contribution in [3.8, 4) is 5.75 Å². The van der Waals surface area contributed by atoms with E-state index in [9.17, 15) is 9.59 Å². The molecule has 0 saturated carbocycles. The van der Waals surface area contributed by atoms with Gasteiger partial charge in [-0.25, -0.2) is 4.98 Å². The molecule has 28 heavy (non-hydrogen) atoms. The van der Waals surface area contributed by atoms with Gasteiger partial charge in [0.25, 0.3) is 5.91 Å². The first kappa shape index (κ1) is 19.7. The molecule has 2 heterocycles. The van der Waals surface area contributed by atoms with Gasteiger partial charge in [-0.05, 0) is 56.2 Å². The lowest BCUT2D eigenvalue weighted by Gasteiger charge is -2.15. The third-order valence-electron chi connectivity index (χ3n) is 4.56. The first-order valence-electron chi connectivity index (χ1n) is 9.68. The van der Waals surface area contributed by atoms with Crippen molar-refractivity contribution in [2.75, 3.05) is 31.6 Å². The van der Waals surface area contributed by atoms with Crippen LogP contribution in [-0.2, 0) is 4.79 Å². The molecule has 0 aliphatic carbocycles. The summed E-state index contributed by atoms with van der Waals surface area (Å²) in [4.78, 5) is 30.8. The van der Waals surface area contributed by atoms with Crippen LogP contribution in [0.15, 0.2) is 42.6 Å². The van der Waals surface area contributed by atoms with Gasteiger partial charge in [0, 0.05) is 37.9 Å². The molecule has 0 atom stereocenters. The van der Waals surface area contributed by atoms with E-state index in [4.69, 9.17) is 4.74 Å². The number of amides is 2. The summed E-state index contributed by atoms with van der Waals surface area (Å²) in [7, 11) is 0. The lowest BCUT2D eigenvalue weighted by molar-refractivity contribution is -0.129. The Balaban J connectivity index is 1.57. The second-order valence-corrected chi connectivity index (χ2v) is 6.58. The molecule has 3 rings (SSSR count). The summed E-state index contributed by atoms with van der Waals surface area (Å²) in [5.74, 6) is 1.09. The fraction of sp³-hybridized carbons (Fsp3) is 0.381. The quantitative estimate of drug-likeness (QED) is 0.733. The van der Waals surface area contributed by atoms with Crippen LogP contribution in [0.1, 0.15) is 36.5 Å². The van der Waals surface area contributed by atoms with Crippen molar-refractivity contribution in [2.45, 2.75) is 26.2 Å². The van der Waals surface area contributed by atoms with Crippen molar-refractivity contribution in [3.63, 3.8) is 0 Å². The smallest absolute Gasteiger partial charge is 0.255 e. The first-order valence-corrected chi connectivity index (χ1v) is 9.68. The van der Waals surface area contributed by atoms with Gasteiger partial charge in [-0.15, -0.1) is 0 Å². The van der Waals surface area contributed by atoms with Crippen LogP contribution in [-0.4, -0.2) is 47.9 Å². The summed E-state index contributed by atoms with van der Waals surface area (Å²) >= 11 is 0. The number of pyridine rings is 1. The number of carbonyl (C=O) groups excluding carboxylic acids is 2. The van der Waals surface area contributed by atoms with Gasteiger partial charge in [0.1, 0.15) is 11.6 Å². The van der Waals surface area contributed by atoms with E-state index in [2.05, 4.69) is 15.6 Å². The Morgan fingerprint density at radius 2 is 1.89 bits per heavy atom. The average Bonchev–Trinajstić information content (AvgIpc) is 3.25. The molecule has 2 N–H and O–H groups in total. The number of rotatable bonds is 8. The number of nitrogens with one attached hydrogen (secondary N) is 2. The second kappa shape index (κ2) is 9.73. The van der Waals surface area contributed by atoms with Gasteiger partial charge < -0.3 is 20.3 Å². The van der Waals surface area contributed by atoms with Crippen LogP contribution < -0.4 is 15.4 Å². The molecule has 7 nitrogen and oxygen atoms in total. The summed E-state index contributed by atoms with van der Waals surface area (Å²) < 4.78 is 5.43. The van der Waals surface area contributed by atoms with Gasteiger partial charge in [-0.3, -0.25) is 9.59 Å². The maximum absolute atomic E-state index is 12.6. The molecule has 7 heteroatoms. The average molecular weight is 382 g/mol. The maximum atomic E-state index is 12.6. The fourth-order valence-corrected chi connectivity index (χ4v) is 3.13. The molecule has 1 aromatic heterocycles. The molecule has 1 fully saturated rings. The molecule has 0 spiro atoms. The number of benzene rings is 1. The zero-order valence-corrected chi connectivity index (χ0v) is 16.1. The molecule has 0 bridgehead atoms. The molecule has 1 aromatic carbocycles. The lowest BCUT2D eigenvalue weighted by atomic mass is 10.2. The highest BCUT2D eigenvalue weighted by atomic mass is 16.5. The highest BCUT2D eigenvalue weighted by Gasteiger charge is 2.18. The zero-order valence-electron chi connectivity index (χ0n) is 16.1. The Hall–Kier alpha value is -3.09. The molecule has 0 radical (unpaired) electrons. The highest BCUT2D eigenvalue weighted by molar-refractivity contribution is 5.99. The Morgan fingerprint density at radius 1 is 1.14 bits per heavy atom. The van der Waals surface area contributed by atoms with Crippen molar-refractivity contribution < 1.29 is 14.3 Å². The molecule has 1 aliphatic heterocycles. The van der Waals surface area contributed by atoms with E-state index >= 15 is 0 Å². The van der Waals surface area contributed by atoms with Crippen LogP contribution in [0.2, 0.25) is 0 Å². The van der Waals surface area contributed by atoms with Crippen LogP contribution in [0.5, 0.6) is 5.75 Å². The summed E-state index contributed by atoms with van der Waals surface area (Å²) in [5, 5.41) is 5.98. The largest absolute Gasteiger partial charge is 0.494 e. The number of ether oxygens (including phenoxy) is 1. The molecule has 2 aromatic rings. The van der Waals surface area contributed by atoms with Crippen molar-refractivity contribution in [1.29, 1.82) is 0 Å². The van der Waals surface area contributed by atoms with E-state index in [0.717, 1.165) is 37.4 Å². The second-order valence-electron chi connectivity index (χ2n) is 6.58. The SMILES string of the molecule is CCOc1ccc(Nc2ncccc2C(=O)NCCC(=O)N2CCCC2)cc1. The number of carbonyl (C=O) groups is 2. The minimum atomic E-state index is -0.254. The molecular weight excluding hydrogens is 356 g/mol. The number of hydrogen-bond donors (Lipinski definition) is 2. The third kappa shape index (κ3) is 5.22. The van der Waals surface area contributed by atoms with E-state index in [-0.39, 0.29) is 11.8 Å². The topological polar surface area (TPSA) is 83.6 Å². The minimum absolute atomic E-state index is 0.0942. The van der Waals surface area contributed by atoms with Crippen molar-refractivity contribution in [3.05, 3.63) is 48.2 Å². The molecule has 148 valence electrons. The maximum Gasteiger partial charge on any atom is 0.255 e. The predicted octanol–water partition coefficient (Wildman–Crippen LogP) is 2.97. The molecule has 1 saturated heterocycles. The van der Waals surface area contributed by atoms with Gasteiger partial charge in [-0.1, -0.05) is 0 Å². The first-order chi connectivity index (χ1) is 13.7. The summed E-state index contributed by atoms with van der Waals surface area (Å²) in [6.45, 7) is 4.50. The Bertz CT molecular complexity index is 802. The number of hydrogen-bond acceptors (Lipinski definition) is 5. The number of nitrogens with zero attached hydrogens (tertiary/aromatic N) is 2. The van der Waals surface area contributed by atoms with Gasteiger partial charge >= 0.3 is 0 Å². The molecule has 2 amide bonds. The van der Waals surface area contributed by atoms with Gasteiger partial charge in [0.05, 0.1) is 12.2 Å². The Kier molecular flexibility index (Phi) is 6.84. The van der Waals surface area contributed by atoms with Crippen molar-refractivity contribution >= 4 is 23.3 Å². The lowest BCUT2D eigenvalue weighted by Crippen LogP contribution is -2.32. The minimum Gasteiger partial charge on any atom is -0.494 e. The molecule has 1 aliphatic rings. The van der Waals surface area contributed by atoms with Gasteiger partial charge in [-0.2, -0.15) is 0 Å². The predicted molar refractivity (Wildman–Crippen MR) is 108 cm³/mol. The van der Waals surface area contributed by atoms with Crippen LogP contribution in [0, 0.1) is 0 Å². The van der Waals surface area contributed by atoms with Crippen LogP contribution in [0.3, 0.4) is 0 Å². The monoisotopic (exact) mass is 382 g/mol. The van der Waals surface area contributed by atoms with Gasteiger partial charge in [0.2, 0.25) is 5.91 Å². The molecule has 0 unspecified atom stereocenters. The van der Waals surface area contributed by atoms with E-state index in [1.165, 1.54) is 0 Å². The van der Waals surface area contributed by atoms with Gasteiger partial charge in [0.15, 0.2) is 0 Å². The van der Waals surface area contributed by atoms with Crippen LogP contribution in [0.25, 0.3) is 0 Å². The normalized spacial score (nSPS) is 13.2. The van der Waals surface area contributed by atoms with Crippen molar-refractivity contribution in [1.82, 2.24) is 15.2 Å². The van der Waals surface area contributed by atoms with E-state index in [1.54, 1.807) is 18.3 Å². The number of likely N-dealkylation sites (tertiary alicyclic amines) is 1. The summed E-state index contributed by atoms with van der Waals surface area (Å²) in [5.41, 5.74) is 1.24. The number of anilines is 2. The highest BCUT2D eigenvalue weighted by Crippen LogP contribution is 2.21. The Morgan fingerprint density at radius 3 is 2.61 bits per heavy atom. The van der Waals surface area contributed by atoms with Crippen LogP contribution >= 0.6 is 0 Å². The fourth-order valence-electron chi connectivity index (χ4n) is 3.13. The van der Waals surface area contributed by atoms with E-state index in [1.807, 2.05) is 36.1 Å². The third-order valence-corrected chi connectivity index (χ3v) is 4.56. The zero-order chi connectivity index (χ0) is 19.8. The summed E-state index contributed by atoms with van der Waals surface area (Å²) in [6, 6.07) is 10.9. The molecular formula is C21H26N4O3. The standard InChI is InChI=1S/C21H26N4O3/c1-2-28-17-9-7-16(8-10-17)24-20-18(6-5-12-22-20)21(27)23-13-11-19(26)25-14-3-4-15-25/h5-10,12H,2-4,11,13-15H2,1H3,(H,22,24)(H,23,27).